The van der Waals surface area contributed by atoms with Crippen LogP contribution in [-0.2, 0) is 38.7 Å². The molecule has 2 rings (SSSR count). The third-order valence-electron chi connectivity index (χ3n) is 7.01. The van der Waals surface area contributed by atoms with E-state index in [4.69, 9.17) is 18.9 Å². The first-order chi connectivity index (χ1) is 23.6. The number of esters is 2. The van der Waals surface area contributed by atoms with Crippen molar-refractivity contribution in [1.82, 2.24) is 20.4 Å². The maximum absolute atomic E-state index is 12.7. The van der Waals surface area contributed by atoms with E-state index in [2.05, 4.69) is 10.6 Å². The summed E-state index contributed by atoms with van der Waals surface area (Å²) in [5, 5.41) is 6.01. The number of nitrogens with one attached hydrogen (secondary N) is 2. The molecule has 14 nitrogen and oxygen atoms in total. The Labute approximate surface area is 296 Å². The van der Waals surface area contributed by atoms with Gasteiger partial charge in [0, 0.05) is 50.4 Å². The summed E-state index contributed by atoms with van der Waals surface area (Å²) in [6.45, 7) is 6.12. The second-order valence-electron chi connectivity index (χ2n) is 12.2. The van der Waals surface area contributed by atoms with Gasteiger partial charge in [0.05, 0.1) is 21.3 Å². The fourth-order valence-electron chi connectivity index (χ4n) is 4.06. The summed E-state index contributed by atoms with van der Waals surface area (Å²) < 4.78 is 72.1. The van der Waals surface area contributed by atoms with Gasteiger partial charge in [-0.05, 0) is 90.6 Å². The summed E-state index contributed by atoms with van der Waals surface area (Å²) in [5.74, 6) is -0.642. The van der Waals surface area contributed by atoms with Gasteiger partial charge in [0.2, 0.25) is 0 Å². The molecule has 0 fully saturated rings. The maximum atomic E-state index is 12.7. The zero-order valence-corrected chi connectivity index (χ0v) is 31.4. The molecule has 2 N–H and O–H groups in total. The van der Waals surface area contributed by atoms with Gasteiger partial charge in [0.1, 0.15) is 37.9 Å². The summed E-state index contributed by atoms with van der Waals surface area (Å²) in [5.41, 5.74) is 0. The van der Waals surface area contributed by atoms with Crippen molar-refractivity contribution in [2.45, 2.75) is 35.7 Å². The summed E-state index contributed by atoms with van der Waals surface area (Å²) in [7, 11) is 0.686. The van der Waals surface area contributed by atoms with Crippen molar-refractivity contribution in [2.75, 3.05) is 92.3 Å². The summed E-state index contributed by atoms with van der Waals surface area (Å²) in [6.07, 6.45) is 1.88. The fourth-order valence-corrected chi connectivity index (χ4v) is 6.40. The Bertz CT molecular complexity index is 1450. The molecule has 0 aliphatic carbocycles. The Balaban J connectivity index is 1.62. The van der Waals surface area contributed by atoms with Crippen LogP contribution >= 0.6 is 0 Å². The standard InChI is InChI=1S/C34H52N4O10S2/c1-27(35-17-23-49(41,42)31-11-7-29(8-12-31)45-21-19-37(3)4)25-47-33(39)15-16-34(40)48-26-28(2)36-18-24-50(43,44)32-13-9-30(10-14-32)46-22-20-38(5)6/h7-16,27-28,35-36H,17-26H2,1-6H3/b16-15-. The quantitative estimate of drug-likeness (QED) is 0.117. The first kappa shape index (κ1) is 42.6. The molecule has 280 valence electrons. The van der Waals surface area contributed by atoms with E-state index in [-0.39, 0.29) is 59.7 Å². The molecule has 2 aromatic carbocycles. The number of nitrogens with zero attached hydrogens (tertiary/aromatic N) is 2. The fraction of sp³-hybridized carbons (Fsp3) is 0.529. The van der Waals surface area contributed by atoms with Gasteiger partial charge < -0.3 is 39.4 Å². The van der Waals surface area contributed by atoms with Crippen LogP contribution in [0.4, 0.5) is 0 Å². The lowest BCUT2D eigenvalue weighted by Crippen LogP contribution is -2.35. The molecule has 0 spiro atoms. The zero-order valence-electron chi connectivity index (χ0n) is 29.8. The number of hydrogen-bond acceptors (Lipinski definition) is 14. The molecule has 16 heteroatoms. The predicted octanol–water partition coefficient (Wildman–Crippen LogP) is 1.41. The maximum Gasteiger partial charge on any atom is 0.331 e. The SMILES string of the molecule is CC(COC(=O)/C=C\C(=O)OCC(C)NCCS(=O)(=O)c1ccc(OCCN(C)C)cc1)NCCS(=O)(=O)c1ccc(OCCN(C)C)cc1. The van der Waals surface area contributed by atoms with E-state index in [1.54, 1.807) is 38.1 Å². The topological polar surface area (TPSA) is 170 Å². The van der Waals surface area contributed by atoms with Crippen LogP contribution in [0.3, 0.4) is 0 Å². The highest BCUT2D eigenvalue weighted by Crippen LogP contribution is 2.18. The van der Waals surface area contributed by atoms with Gasteiger partial charge >= 0.3 is 11.9 Å². The highest BCUT2D eigenvalue weighted by atomic mass is 32.2. The van der Waals surface area contributed by atoms with Crippen molar-refractivity contribution in [3.63, 3.8) is 0 Å². The van der Waals surface area contributed by atoms with Gasteiger partial charge in [-0.1, -0.05) is 0 Å². The molecule has 0 aliphatic heterocycles. The van der Waals surface area contributed by atoms with E-state index in [0.29, 0.717) is 24.7 Å². The van der Waals surface area contributed by atoms with Crippen molar-refractivity contribution < 1.29 is 45.4 Å². The molecule has 0 heterocycles. The molecule has 2 atom stereocenters. The lowest BCUT2D eigenvalue weighted by atomic mass is 10.3. The number of hydrogen-bond donors (Lipinski definition) is 2. The van der Waals surface area contributed by atoms with Crippen molar-refractivity contribution >= 4 is 31.6 Å². The number of sulfone groups is 2. The largest absolute Gasteiger partial charge is 0.492 e. The van der Waals surface area contributed by atoms with Crippen molar-refractivity contribution in [1.29, 1.82) is 0 Å². The molecular weight excluding hydrogens is 689 g/mol. The molecule has 0 saturated carbocycles. The van der Waals surface area contributed by atoms with Crippen molar-refractivity contribution in [2.24, 2.45) is 0 Å². The number of rotatable bonds is 24. The molecule has 0 aromatic heterocycles. The second kappa shape index (κ2) is 21.6. The first-order valence-electron chi connectivity index (χ1n) is 16.3. The molecule has 2 unspecified atom stereocenters. The lowest BCUT2D eigenvalue weighted by Gasteiger charge is -2.14. The summed E-state index contributed by atoms with van der Waals surface area (Å²) in [4.78, 5) is 28.4. The van der Waals surface area contributed by atoms with E-state index < -0.39 is 31.6 Å². The van der Waals surface area contributed by atoms with Crippen molar-refractivity contribution in [3.8, 4) is 11.5 Å². The van der Waals surface area contributed by atoms with Crippen LogP contribution in [0.25, 0.3) is 0 Å². The number of ether oxygens (including phenoxy) is 4. The number of likely N-dealkylation sites (N-methyl/N-ethyl adjacent to an activating group) is 2. The van der Waals surface area contributed by atoms with Crippen LogP contribution in [0.1, 0.15) is 13.8 Å². The van der Waals surface area contributed by atoms with E-state index in [1.807, 2.05) is 38.0 Å². The van der Waals surface area contributed by atoms with Gasteiger partial charge in [-0.15, -0.1) is 0 Å². The van der Waals surface area contributed by atoms with Gasteiger partial charge in [0.25, 0.3) is 0 Å². The monoisotopic (exact) mass is 740 g/mol. The number of benzene rings is 2. The second-order valence-corrected chi connectivity index (χ2v) is 16.4. The van der Waals surface area contributed by atoms with Gasteiger partial charge in [-0.3, -0.25) is 0 Å². The van der Waals surface area contributed by atoms with E-state index in [1.165, 1.54) is 24.3 Å². The molecule has 2 aromatic rings. The Morgan fingerprint density at radius 2 is 0.980 bits per heavy atom. The Morgan fingerprint density at radius 1 is 0.640 bits per heavy atom. The average Bonchev–Trinajstić information content (AvgIpc) is 3.05. The third-order valence-corrected chi connectivity index (χ3v) is 10.5. The van der Waals surface area contributed by atoms with Gasteiger partial charge in [-0.25, -0.2) is 26.4 Å². The zero-order chi connectivity index (χ0) is 37.2. The Morgan fingerprint density at radius 3 is 1.30 bits per heavy atom. The van der Waals surface area contributed by atoms with Crippen LogP contribution in [-0.4, -0.2) is 143 Å². The average molecular weight is 741 g/mol. The highest BCUT2D eigenvalue weighted by molar-refractivity contribution is 7.91. The number of carbonyl (C=O) groups is 2. The minimum atomic E-state index is -3.53. The molecule has 50 heavy (non-hydrogen) atoms. The Kier molecular flexibility index (Phi) is 18.4. The van der Waals surface area contributed by atoms with Gasteiger partial charge in [0.15, 0.2) is 19.7 Å². The first-order valence-corrected chi connectivity index (χ1v) is 19.6. The number of carbonyl (C=O) groups excluding carboxylic acids is 2. The summed E-state index contributed by atoms with van der Waals surface area (Å²) in [6, 6.07) is 11.9. The molecule has 0 saturated heterocycles. The van der Waals surface area contributed by atoms with E-state index >= 15 is 0 Å². The minimum absolute atomic E-state index is 0.0458. The molecule has 0 bridgehead atoms. The Hall–Kier alpha value is -3.54. The smallest absolute Gasteiger partial charge is 0.331 e. The van der Waals surface area contributed by atoms with Crippen molar-refractivity contribution in [3.05, 3.63) is 60.7 Å². The normalized spacial score (nSPS) is 13.4. The molecular formula is C34H52N4O10S2. The molecule has 0 amide bonds. The van der Waals surface area contributed by atoms with E-state index in [0.717, 1.165) is 25.2 Å². The van der Waals surface area contributed by atoms with Crippen LogP contribution in [0.2, 0.25) is 0 Å². The third kappa shape index (κ3) is 17.4. The van der Waals surface area contributed by atoms with Crippen LogP contribution in [0.5, 0.6) is 11.5 Å². The lowest BCUT2D eigenvalue weighted by molar-refractivity contribution is -0.141. The van der Waals surface area contributed by atoms with Gasteiger partial charge in [-0.2, -0.15) is 0 Å². The van der Waals surface area contributed by atoms with E-state index in [9.17, 15) is 26.4 Å². The highest BCUT2D eigenvalue weighted by Gasteiger charge is 2.17. The predicted molar refractivity (Wildman–Crippen MR) is 191 cm³/mol. The van der Waals surface area contributed by atoms with Crippen LogP contribution in [0, 0.1) is 0 Å². The van der Waals surface area contributed by atoms with Crippen LogP contribution < -0.4 is 20.1 Å². The minimum Gasteiger partial charge on any atom is -0.492 e. The molecule has 0 aliphatic rings. The summed E-state index contributed by atoms with van der Waals surface area (Å²) >= 11 is 0. The molecule has 0 radical (unpaired) electrons. The van der Waals surface area contributed by atoms with Crippen LogP contribution in [0.15, 0.2) is 70.5 Å².